The minimum atomic E-state index is 1.07. The zero-order valence-electron chi connectivity index (χ0n) is 7.16. The highest BCUT2D eigenvalue weighted by atomic mass is 32.1. The van der Waals surface area contributed by atoms with E-state index >= 15 is 0 Å². The average Bonchev–Trinajstić information content (AvgIpc) is 2.65. The second kappa shape index (κ2) is 2.43. The van der Waals surface area contributed by atoms with Gasteiger partial charge in [-0.2, -0.15) is 0 Å². The third-order valence-electron chi connectivity index (χ3n) is 2.23. The quantitative estimate of drug-likeness (QED) is 0.538. The molecule has 0 spiro atoms. The van der Waals surface area contributed by atoms with Gasteiger partial charge >= 0.3 is 0 Å². The molecule has 3 rings (SSSR count). The van der Waals surface area contributed by atoms with Gasteiger partial charge in [0.05, 0.1) is 26.0 Å². The molecule has 0 amide bonds. The normalized spacial score (nSPS) is 11.7. The summed E-state index contributed by atoms with van der Waals surface area (Å²) in [6, 6.07) is 6.51. The molecule has 4 heteroatoms. The van der Waals surface area contributed by atoms with Gasteiger partial charge in [0.1, 0.15) is 5.52 Å². The van der Waals surface area contributed by atoms with Crippen LogP contribution in [0.4, 0.5) is 0 Å². The summed E-state index contributed by atoms with van der Waals surface area (Å²) in [6.07, 6.45) is 0. The minimum Gasteiger partial charge on any atom is -0.361 e. The molecule has 3 aromatic rings. The summed E-state index contributed by atoms with van der Waals surface area (Å²) < 4.78 is 1.26. The number of nitrogens with one attached hydrogen (secondary N) is 1. The first-order chi connectivity index (χ1) is 6.34. The van der Waals surface area contributed by atoms with Gasteiger partial charge in [0.25, 0.3) is 0 Å². The lowest BCUT2D eigenvalue weighted by molar-refractivity contribution is 1.48. The maximum absolute atomic E-state index is 4.36. The molecule has 0 aliphatic carbocycles. The summed E-state index contributed by atoms with van der Waals surface area (Å²) in [5.74, 6) is 0. The lowest BCUT2D eigenvalue weighted by Gasteiger charge is -1.89. The molecule has 1 N–H and O–H groups in total. The van der Waals surface area contributed by atoms with Crippen LogP contribution in [0.1, 0.15) is 0 Å². The number of benzene rings is 1. The van der Waals surface area contributed by atoms with Crippen molar-refractivity contribution in [2.45, 2.75) is 0 Å². The molecule has 0 unspecified atom stereocenters. The van der Waals surface area contributed by atoms with Gasteiger partial charge in [-0.1, -0.05) is 6.07 Å². The van der Waals surface area contributed by atoms with Crippen molar-refractivity contribution >= 4 is 48.0 Å². The third kappa shape index (κ3) is 0.958. The monoisotopic (exact) mass is 204 g/mol. The van der Waals surface area contributed by atoms with E-state index in [0.717, 1.165) is 15.8 Å². The number of aromatic amines is 1. The lowest BCUT2D eigenvalue weighted by atomic mass is 10.2. The van der Waals surface area contributed by atoms with E-state index in [1.165, 1.54) is 20.9 Å². The molecule has 0 saturated carbocycles. The van der Waals surface area contributed by atoms with Crippen LogP contribution >= 0.6 is 11.3 Å². The van der Waals surface area contributed by atoms with Gasteiger partial charge < -0.3 is 4.98 Å². The number of fused-ring (bicyclic) bond motifs is 3. The highest BCUT2D eigenvalue weighted by molar-refractivity contribution is 7.16. The van der Waals surface area contributed by atoms with E-state index in [1.807, 2.05) is 5.51 Å². The predicted octanol–water partition coefficient (Wildman–Crippen LogP) is 0.768. The second-order valence-corrected chi connectivity index (χ2v) is 5.14. The third-order valence-corrected chi connectivity index (χ3v) is 3.56. The van der Waals surface area contributed by atoms with Crippen LogP contribution in [0, 0.1) is 0 Å². The Bertz CT molecular complexity index is 581. The van der Waals surface area contributed by atoms with Crippen molar-refractivity contribution in [1.82, 2.24) is 9.97 Å². The molecule has 0 saturated heterocycles. The minimum absolute atomic E-state index is 1.07. The van der Waals surface area contributed by atoms with Gasteiger partial charge in [-0.15, -0.1) is 11.3 Å². The maximum Gasteiger partial charge on any atom is 0.105 e. The fourth-order valence-electron chi connectivity index (χ4n) is 1.66. The summed E-state index contributed by atoms with van der Waals surface area (Å²) >= 11 is 1.69. The Kier molecular flexibility index (Phi) is 1.36. The lowest BCUT2D eigenvalue weighted by Crippen LogP contribution is -1.99. The standard InChI is InChI=1S/C9H8N2SSi/c13-7-3-5-1-2-6-9(8(5)11-7)10-4-12-6/h1-4,11H,13H3. The van der Waals surface area contributed by atoms with E-state index in [2.05, 4.69) is 28.2 Å². The molecule has 0 atom stereocenters. The van der Waals surface area contributed by atoms with Crippen LogP contribution in [-0.2, 0) is 0 Å². The second-order valence-electron chi connectivity index (χ2n) is 3.18. The molecule has 2 heterocycles. The summed E-state index contributed by atoms with van der Waals surface area (Å²) in [5, 5.41) is 2.61. The van der Waals surface area contributed by atoms with Crippen molar-refractivity contribution in [2.24, 2.45) is 0 Å². The molecular formula is C9H8N2SSi. The summed E-state index contributed by atoms with van der Waals surface area (Å²) in [6.45, 7) is 0. The first kappa shape index (κ1) is 7.29. The zero-order valence-corrected chi connectivity index (χ0v) is 9.98. The fourth-order valence-corrected chi connectivity index (χ4v) is 2.91. The van der Waals surface area contributed by atoms with Crippen molar-refractivity contribution in [1.29, 1.82) is 0 Å². The Morgan fingerprint density at radius 2 is 2.31 bits per heavy atom. The van der Waals surface area contributed by atoms with Crippen molar-refractivity contribution in [3.05, 3.63) is 23.7 Å². The highest BCUT2D eigenvalue weighted by Gasteiger charge is 2.04. The molecule has 0 aliphatic heterocycles. The molecule has 2 nitrogen and oxygen atoms in total. The van der Waals surface area contributed by atoms with E-state index in [9.17, 15) is 0 Å². The Hall–Kier alpha value is -1.13. The number of H-pyrrole nitrogens is 1. The summed E-state index contributed by atoms with van der Waals surface area (Å²) in [7, 11) is 1.07. The Morgan fingerprint density at radius 1 is 1.38 bits per heavy atom. The van der Waals surface area contributed by atoms with E-state index in [0.29, 0.717) is 0 Å². The van der Waals surface area contributed by atoms with Crippen molar-refractivity contribution in [3.63, 3.8) is 0 Å². The molecule has 1 aromatic carbocycles. The van der Waals surface area contributed by atoms with Crippen LogP contribution in [0.25, 0.3) is 21.1 Å². The van der Waals surface area contributed by atoms with Crippen molar-refractivity contribution < 1.29 is 0 Å². The topological polar surface area (TPSA) is 28.7 Å². The highest BCUT2D eigenvalue weighted by Crippen LogP contribution is 2.24. The number of thiazole rings is 1. The Balaban J connectivity index is 2.64. The number of aromatic nitrogens is 2. The van der Waals surface area contributed by atoms with Crippen LogP contribution < -0.4 is 5.32 Å². The SMILES string of the molecule is [SiH3]c1cc2ccc3scnc3c2[nH]1. The van der Waals surface area contributed by atoms with Crippen LogP contribution in [0.3, 0.4) is 0 Å². The number of rotatable bonds is 0. The molecule has 0 aliphatic rings. The van der Waals surface area contributed by atoms with Crippen LogP contribution in [-0.4, -0.2) is 20.2 Å². The fraction of sp³-hybridized carbons (Fsp3) is 0. The van der Waals surface area contributed by atoms with Crippen LogP contribution in [0.2, 0.25) is 0 Å². The maximum atomic E-state index is 4.36. The Morgan fingerprint density at radius 3 is 3.23 bits per heavy atom. The molecular weight excluding hydrogens is 196 g/mol. The number of hydrogen-bond donors (Lipinski definition) is 1. The molecule has 64 valence electrons. The largest absolute Gasteiger partial charge is 0.361 e. The van der Waals surface area contributed by atoms with Gasteiger partial charge in [0.2, 0.25) is 0 Å². The molecule has 13 heavy (non-hydrogen) atoms. The zero-order chi connectivity index (χ0) is 8.84. The number of nitrogens with zero attached hydrogens (tertiary/aromatic N) is 1. The Labute approximate surface area is 82.0 Å². The van der Waals surface area contributed by atoms with Gasteiger partial charge in [-0.05, 0) is 17.4 Å². The molecule has 0 radical (unpaired) electrons. The van der Waals surface area contributed by atoms with Gasteiger partial charge in [-0.3, -0.25) is 0 Å². The van der Waals surface area contributed by atoms with Gasteiger partial charge in [0.15, 0.2) is 0 Å². The van der Waals surface area contributed by atoms with Crippen molar-refractivity contribution in [2.75, 3.05) is 0 Å². The van der Waals surface area contributed by atoms with E-state index < -0.39 is 0 Å². The smallest absolute Gasteiger partial charge is 0.105 e. The average molecular weight is 204 g/mol. The number of hydrogen-bond acceptors (Lipinski definition) is 2. The van der Waals surface area contributed by atoms with Gasteiger partial charge in [0, 0.05) is 5.39 Å². The van der Waals surface area contributed by atoms with E-state index in [-0.39, 0.29) is 0 Å². The molecule has 0 fully saturated rings. The molecule has 0 bridgehead atoms. The van der Waals surface area contributed by atoms with Crippen LogP contribution in [0.5, 0.6) is 0 Å². The first-order valence-corrected chi connectivity index (χ1v) is 6.04. The summed E-state index contributed by atoms with van der Waals surface area (Å²) in [5.41, 5.74) is 4.21. The van der Waals surface area contributed by atoms with Gasteiger partial charge in [-0.25, -0.2) is 4.98 Å². The first-order valence-electron chi connectivity index (χ1n) is 4.16. The van der Waals surface area contributed by atoms with Crippen LogP contribution in [0.15, 0.2) is 23.7 Å². The summed E-state index contributed by atoms with van der Waals surface area (Å²) in [4.78, 5) is 7.76. The predicted molar refractivity (Wildman–Crippen MR) is 61.0 cm³/mol. The van der Waals surface area contributed by atoms with E-state index in [4.69, 9.17) is 0 Å². The van der Waals surface area contributed by atoms with Crippen molar-refractivity contribution in [3.8, 4) is 0 Å². The molecule has 2 aromatic heterocycles. The van der Waals surface area contributed by atoms with E-state index in [1.54, 1.807) is 11.3 Å².